The van der Waals surface area contributed by atoms with Gasteiger partial charge in [0.25, 0.3) is 15.9 Å². The molecule has 0 saturated carbocycles. The molecule has 1 fully saturated rings. The first-order chi connectivity index (χ1) is 12.7. The lowest BCUT2D eigenvalue weighted by Crippen LogP contribution is -2.48. The summed E-state index contributed by atoms with van der Waals surface area (Å²) in [4.78, 5) is 14.7. The zero-order chi connectivity index (χ0) is 19.6. The van der Waals surface area contributed by atoms with Crippen LogP contribution in [0.15, 0.2) is 57.9 Å². The van der Waals surface area contributed by atoms with E-state index >= 15 is 0 Å². The number of ether oxygens (including phenoxy) is 1. The van der Waals surface area contributed by atoms with Crippen LogP contribution in [0.25, 0.3) is 0 Å². The molecule has 1 heterocycles. The van der Waals surface area contributed by atoms with Crippen molar-refractivity contribution in [3.63, 3.8) is 0 Å². The van der Waals surface area contributed by atoms with Crippen LogP contribution in [0.2, 0.25) is 0 Å². The lowest BCUT2D eigenvalue weighted by molar-refractivity contribution is -0.0586. The maximum atomic E-state index is 12.8. The van der Waals surface area contributed by atoms with E-state index in [4.69, 9.17) is 4.74 Å². The van der Waals surface area contributed by atoms with Gasteiger partial charge in [-0.15, -0.1) is 0 Å². The highest BCUT2D eigenvalue weighted by atomic mass is 79.9. The smallest absolute Gasteiger partial charge is 0.261 e. The molecule has 27 heavy (non-hydrogen) atoms. The summed E-state index contributed by atoms with van der Waals surface area (Å²) < 4.78 is 34.1. The first-order valence-electron chi connectivity index (χ1n) is 8.58. The zero-order valence-corrected chi connectivity index (χ0v) is 17.5. The first-order valence-corrected chi connectivity index (χ1v) is 10.9. The van der Waals surface area contributed by atoms with Gasteiger partial charge in [-0.1, -0.05) is 22.0 Å². The number of hydrogen-bond donors (Lipinski definition) is 1. The molecule has 2 atom stereocenters. The highest BCUT2D eigenvalue weighted by Crippen LogP contribution is 2.21. The Hall–Kier alpha value is -1.90. The van der Waals surface area contributed by atoms with Crippen LogP contribution in [0.4, 0.5) is 5.69 Å². The average molecular weight is 453 g/mol. The molecule has 0 radical (unpaired) electrons. The fourth-order valence-electron chi connectivity index (χ4n) is 3.07. The Kier molecular flexibility index (Phi) is 5.88. The number of halogens is 1. The largest absolute Gasteiger partial charge is 0.372 e. The van der Waals surface area contributed by atoms with Crippen molar-refractivity contribution in [1.82, 2.24) is 4.90 Å². The summed E-state index contributed by atoms with van der Waals surface area (Å²) in [6.45, 7) is 4.88. The van der Waals surface area contributed by atoms with Crippen LogP contribution >= 0.6 is 15.9 Å². The SMILES string of the molecule is C[C@@H]1CN(C(=O)c2cccc(NS(=O)(=O)c3ccc(Br)cc3)c2)C[C@@H](C)O1. The van der Waals surface area contributed by atoms with Gasteiger partial charge in [0, 0.05) is 28.8 Å². The van der Waals surface area contributed by atoms with Crippen LogP contribution in [-0.2, 0) is 14.8 Å². The van der Waals surface area contributed by atoms with Gasteiger partial charge in [-0.3, -0.25) is 9.52 Å². The number of anilines is 1. The molecule has 1 aliphatic heterocycles. The van der Waals surface area contributed by atoms with E-state index in [1.54, 1.807) is 41.3 Å². The Bertz CT molecular complexity index is 921. The predicted octanol–water partition coefficient (Wildman–Crippen LogP) is 3.50. The minimum Gasteiger partial charge on any atom is -0.372 e. The second-order valence-corrected chi connectivity index (χ2v) is 9.21. The third kappa shape index (κ3) is 4.88. The minimum atomic E-state index is -3.73. The van der Waals surface area contributed by atoms with Crippen LogP contribution in [0.1, 0.15) is 24.2 Å². The maximum absolute atomic E-state index is 12.8. The van der Waals surface area contributed by atoms with Gasteiger partial charge in [0.15, 0.2) is 0 Å². The van der Waals surface area contributed by atoms with Gasteiger partial charge in [-0.25, -0.2) is 8.42 Å². The molecular weight excluding hydrogens is 432 g/mol. The van der Waals surface area contributed by atoms with Crippen molar-refractivity contribution in [1.29, 1.82) is 0 Å². The Morgan fingerprint density at radius 3 is 2.37 bits per heavy atom. The first kappa shape index (κ1) is 19.9. The molecule has 144 valence electrons. The molecule has 2 aromatic carbocycles. The lowest BCUT2D eigenvalue weighted by Gasteiger charge is -2.35. The molecule has 1 amide bonds. The van der Waals surface area contributed by atoms with Crippen LogP contribution in [0.5, 0.6) is 0 Å². The molecule has 0 bridgehead atoms. The number of nitrogens with one attached hydrogen (secondary N) is 1. The summed E-state index contributed by atoms with van der Waals surface area (Å²) >= 11 is 3.28. The van der Waals surface area contributed by atoms with E-state index in [0.29, 0.717) is 24.3 Å². The Morgan fingerprint density at radius 2 is 1.74 bits per heavy atom. The van der Waals surface area contributed by atoms with Crippen molar-refractivity contribution in [2.24, 2.45) is 0 Å². The second-order valence-electron chi connectivity index (χ2n) is 6.61. The van der Waals surface area contributed by atoms with Crippen LogP contribution in [-0.4, -0.2) is 44.5 Å². The number of carbonyl (C=O) groups excluding carboxylic acids is 1. The fourth-order valence-corrected chi connectivity index (χ4v) is 4.38. The van der Waals surface area contributed by atoms with Crippen LogP contribution in [0.3, 0.4) is 0 Å². The monoisotopic (exact) mass is 452 g/mol. The van der Waals surface area contributed by atoms with Crippen molar-refractivity contribution in [3.05, 3.63) is 58.6 Å². The summed E-state index contributed by atoms with van der Waals surface area (Å²) in [7, 11) is -3.73. The third-order valence-corrected chi connectivity index (χ3v) is 6.12. The van der Waals surface area contributed by atoms with E-state index in [-0.39, 0.29) is 23.0 Å². The minimum absolute atomic E-state index is 0.0307. The summed E-state index contributed by atoms with van der Waals surface area (Å²) in [5.74, 6) is -0.137. The molecule has 1 aliphatic rings. The number of nitrogens with zero attached hydrogens (tertiary/aromatic N) is 1. The number of sulfonamides is 1. The molecule has 3 rings (SSSR count). The number of rotatable bonds is 4. The number of morpholine rings is 1. The molecule has 1 saturated heterocycles. The highest BCUT2D eigenvalue weighted by molar-refractivity contribution is 9.10. The summed E-state index contributed by atoms with van der Waals surface area (Å²) in [6.07, 6.45) is -0.0615. The molecule has 0 unspecified atom stereocenters. The van der Waals surface area contributed by atoms with Crippen molar-refractivity contribution in [2.75, 3.05) is 17.8 Å². The predicted molar refractivity (Wildman–Crippen MR) is 107 cm³/mol. The maximum Gasteiger partial charge on any atom is 0.261 e. The van der Waals surface area contributed by atoms with Gasteiger partial charge >= 0.3 is 0 Å². The fraction of sp³-hybridized carbons (Fsp3) is 0.316. The Balaban J connectivity index is 1.79. The number of hydrogen-bond acceptors (Lipinski definition) is 4. The van der Waals surface area contributed by atoms with Gasteiger partial charge in [-0.2, -0.15) is 0 Å². The van der Waals surface area contributed by atoms with Gasteiger partial charge in [0.2, 0.25) is 0 Å². The van der Waals surface area contributed by atoms with Gasteiger partial charge in [0.05, 0.1) is 17.1 Å². The third-order valence-electron chi connectivity index (χ3n) is 4.19. The Morgan fingerprint density at radius 1 is 1.11 bits per heavy atom. The molecule has 2 aromatic rings. The van der Waals surface area contributed by atoms with Gasteiger partial charge in [-0.05, 0) is 56.3 Å². The standard InChI is InChI=1S/C19H21BrN2O4S/c1-13-11-22(12-14(2)26-13)19(23)15-4-3-5-17(10-15)21-27(24,25)18-8-6-16(20)7-9-18/h3-10,13-14,21H,11-12H2,1-2H3/t13-,14-/m1/s1. The molecule has 0 aromatic heterocycles. The van der Waals surface area contributed by atoms with E-state index in [2.05, 4.69) is 20.7 Å². The van der Waals surface area contributed by atoms with Crippen LogP contribution in [0, 0.1) is 0 Å². The molecule has 0 aliphatic carbocycles. The van der Waals surface area contributed by atoms with Crippen molar-refractivity contribution < 1.29 is 17.9 Å². The van der Waals surface area contributed by atoms with Crippen molar-refractivity contribution in [3.8, 4) is 0 Å². The second kappa shape index (κ2) is 8.00. The van der Waals surface area contributed by atoms with Gasteiger partial charge < -0.3 is 9.64 Å². The van der Waals surface area contributed by atoms with Crippen molar-refractivity contribution in [2.45, 2.75) is 31.0 Å². The summed E-state index contributed by atoms with van der Waals surface area (Å²) in [6, 6.07) is 12.9. The molecular formula is C19H21BrN2O4S. The quantitative estimate of drug-likeness (QED) is 0.769. The van der Waals surface area contributed by atoms with E-state index in [1.807, 2.05) is 13.8 Å². The Labute approximate surface area is 167 Å². The van der Waals surface area contributed by atoms with E-state index in [9.17, 15) is 13.2 Å². The molecule has 8 heteroatoms. The van der Waals surface area contributed by atoms with Crippen molar-refractivity contribution >= 4 is 37.5 Å². The zero-order valence-electron chi connectivity index (χ0n) is 15.1. The lowest BCUT2D eigenvalue weighted by atomic mass is 10.1. The highest BCUT2D eigenvalue weighted by Gasteiger charge is 2.26. The van der Waals surface area contributed by atoms with E-state index in [0.717, 1.165) is 4.47 Å². The van der Waals surface area contributed by atoms with E-state index < -0.39 is 10.0 Å². The van der Waals surface area contributed by atoms with Gasteiger partial charge in [0.1, 0.15) is 0 Å². The number of carbonyl (C=O) groups is 1. The normalized spacial score (nSPS) is 20.3. The molecule has 6 nitrogen and oxygen atoms in total. The average Bonchev–Trinajstić information content (AvgIpc) is 2.60. The summed E-state index contributed by atoms with van der Waals surface area (Å²) in [5.41, 5.74) is 0.783. The number of amides is 1. The molecule has 0 spiro atoms. The topological polar surface area (TPSA) is 75.7 Å². The summed E-state index contributed by atoms with van der Waals surface area (Å²) in [5, 5.41) is 0. The van der Waals surface area contributed by atoms with Crippen LogP contribution < -0.4 is 4.72 Å². The molecule has 1 N–H and O–H groups in total. The van der Waals surface area contributed by atoms with E-state index in [1.165, 1.54) is 12.1 Å². The number of benzene rings is 2.